The lowest BCUT2D eigenvalue weighted by Crippen LogP contribution is -2.22. The van der Waals surface area contributed by atoms with Gasteiger partial charge in [-0.15, -0.1) is 11.3 Å². The van der Waals surface area contributed by atoms with Gasteiger partial charge in [-0.25, -0.2) is 9.97 Å². The van der Waals surface area contributed by atoms with Crippen molar-refractivity contribution in [1.29, 1.82) is 0 Å². The van der Waals surface area contributed by atoms with Crippen LogP contribution in [0.1, 0.15) is 12.7 Å². The Morgan fingerprint density at radius 2 is 1.97 bits per heavy atom. The van der Waals surface area contributed by atoms with Crippen molar-refractivity contribution in [3.05, 3.63) is 64.8 Å². The number of halogens is 1. The van der Waals surface area contributed by atoms with Crippen LogP contribution in [0.4, 0.5) is 5.69 Å². The van der Waals surface area contributed by atoms with E-state index >= 15 is 0 Å². The number of thioether (sulfide) groups is 1. The van der Waals surface area contributed by atoms with Crippen molar-refractivity contribution in [3.63, 3.8) is 0 Å². The lowest BCUT2D eigenvalue weighted by molar-refractivity contribution is -0.115. The maximum absolute atomic E-state index is 12.8. The molecule has 30 heavy (non-hydrogen) atoms. The van der Waals surface area contributed by atoms with Crippen LogP contribution < -0.4 is 5.32 Å². The first kappa shape index (κ1) is 20.7. The largest absolute Gasteiger partial charge is 0.506 e. The minimum absolute atomic E-state index is 0.0329. The molecule has 0 saturated carbocycles. The number of aryl methyl sites for hydroxylation is 1. The number of carbonyl (C=O) groups excluding carboxylic acids is 1. The van der Waals surface area contributed by atoms with Crippen molar-refractivity contribution >= 4 is 56.5 Å². The number of fused-ring (bicyclic) bond motifs is 1. The number of phenols is 1. The standard InChI is InChI=1S/C22H18ClN3O2S2/c1-12(20(28)26-17-10-15(23)8-9-18(17)27)30-22-19-16(14-6-4-3-5-7-14)11-29-21(19)24-13(2)25-22/h3-12,27H,1-2H3,(H,26,28). The normalized spacial score (nSPS) is 12.1. The molecule has 8 heteroatoms. The second-order valence-corrected chi connectivity index (χ2v) is 9.31. The van der Waals surface area contributed by atoms with Gasteiger partial charge in [0, 0.05) is 16.0 Å². The molecular formula is C22H18ClN3O2S2. The van der Waals surface area contributed by atoms with Gasteiger partial charge in [-0.1, -0.05) is 53.7 Å². The van der Waals surface area contributed by atoms with E-state index in [4.69, 9.17) is 11.6 Å². The highest BCUT2D eigenvalue weighted by Crippen LogP contribution is 2.39. The Labute approximate surface area is 187 Å². The maximum atomic E-state index is 12.8. The number of nitrogens with one attached hydrogen (secondary N) is 1. The van der Waals surface area contributed by atoms with Crippen LogP contribution in [0.15, 0.2) is 58.9 Å². The van der Waals surface area contributed by atoms with Gasteiger partial charge >= 0.3 is 0 Å². The zero-order valence-corrected chi connectivity index (χ0v) is 18.6. The quantitative estimate of drug-likeness (QED) is 0.214. The fourth-order valence-electron chi connectivity index (χ4n) is 2.99. The number of anilines is 1. The number of amides is 1. The van der Waals surface area contributed by atoms with E-state index in [1.165, 1.54) is 23.9 Å². The average Bonchev–Trinajstić information content (AvgIpc) is 3.15. The highest BCUT2D eigenvalue weighted by atomic mass is 35.5. The van der Waals surface area contributed by atoms with Crippen LogP contribution in [-0.2, 0) is 4.79 Å². The number of hydrogen-bond donors (Lipinski definition) is 2. The zero-order valence-electron chi connectivity index (χ0n) is 16.2. The van der Waals surface area contributed by atoms with E-state index in [2.05, 4.69) is 20.7 Å². The number of benzene rings is 2. The predicted molar refractivity (Wildman–Crippen MR) is 125 cm³/mol. The van der Waals surface area contributed by atoms with Crippen molar-refractivity contribution in [1.82, 2.24) is 9.97 Å². The van der Waals surface area contributed by atoms with E-state index in [1.54, 1.807) is 24.3 Å². The molecule has 0 bridgehead atoms. The summed E-state index contributed by atoms with van der Waals surface area (Å²) in [4.78, 5) is 22.9. The molecule has 152 valence electrons. The number of hydrogen-bond acceptors (Lipinski definition) is 6. The van der Waals surface area contributed by atoms with Crippen molar-refractivity contribution in [3.8, 4) is 16.9 Å². The number of nitrogens with zero attached hydrogens (tertiary/aromatic N) is 2. The number of thiophene rings is 1. The monoisotopic (exact) mass is 455 g/mol. The number of phenolic OH excluding ortho intramolecular Hbond substituents is 1. The van der Waals surface area contributed by atoms with Crippen LogP contribution in [0.2, 0.25) is 5.02 Å². The Morgan fingerprint density at radius 3 is 2.73 bits per heavy atom. The number of aromatic hydroxyl groups is 1. The van der Waals surface area contributed by atoms with Gasteiger partial charge in [-0.2, -0.15) is 0 Å². The van der Waals surface area contributed by atoms with Crippen LogP contribution in [-0.4, -0.2) is 26.2 Å². The molecule has 0 spiro atoms. The molecule has 1 unspecified atom stereocenters. The molecule has 0 aliphatic rings. The summed E-state index contributed by atoms with van der Waals surface area (Å²) in [5, 5.41) is 16.5. The van der Waals surface area contributed by atoms with Crippen LogP contribution >= 0.6 is 34.7 Å². The topological polar surface area (TPSA) is 75.1 Å². The van der Waals surface area contributed by atoms with Gasteiger partial charge in [0.15, 0.2) is 0 Å². The smallest absolute Gasteiger partial charge is 0.237 e. The van der Waals surface area contributed by atoms with Gasteiger partial charge in [0.05, 0.1) is 16.3 Å². The van der Waals surface area contributed by atoms with E-state index in [0.29, 0.717) is 10.8 Å². The minimum Gasteiger partial charge on any atom is -0.506 e. The molecule has 1 atom stereocenters. The lowest BCUT2D eigenvalue weighted by Gasteiger charge is -2.14. The summed E-state index contributed by atoms with van der Waals surface area (Å²) >= 11 is 8.91. The van der Waals surface area contributed by atoms with Crippen LogP contribution in [0.5, 0.6) is 5.75 Å². The molecule has 1 amide bonds. The van der Waals surface area contributed by atoms with Gasteiger partial charge in [0.2, 0.25) is 5.91 Å². The molecule has 5 nitrogen and oxygen atoms in total. The van der Waals surface area contributed by atoms with Crippen molar-refractivity contribution in [2.75, 3.05) is 5.32 Å². The molecule has 0 aliphatic carbocycles. The second kappa shape index (κ2) is 8.63. The molecule has 0 fully saturated rings. The van der Waals surface area contributed by atoms with E-state index in [0.717, 1.165) is 26.4 Å². The summed E-state index contributed by atoms with van der Waals surface area (Å²) in [6, 6.07) is 14.6. The van der Waals surface area contributed by atoms with E-state index in [9.17, 15) is 9.90 Å². The molecule has 2 N–H and O–H groups in total. The van der Waals surface area contributed by atoms with Crippen molar-refractivity contribution in [2.45, 2.75) is 24.1 Å². The first-order valence-corrected chi connectivity index (χ1v) is 11.3. The third-order valence-electron chi connectivity index (χ3n) is 4.47. The third kappa shape index (κ3) is 4.28. The summed E-state index contributed by atoms with van der Waals surface area (Å²) in [7, 11) is 0. The highest BCUT2D eigenvalue weighted by Gasteiger charge is 2.21. The Morgan fingerprint density at radius 1 is 1.20 bits per heavy atom. The van der Waals surface area contributed by atoms with Crippen LogP contribution in [0.25, 0.3) is 21.3 Å². The summed E-state index contributed by atoms with van der Waals surface area (Å²) in [6.07, 6.45) is 0. The first-order valence-electron chi connectivity index (χ1n) is 9.19. The molecular weight excluding hydrogens is 438 g/mol. The summed E-state index contributed by atoms with van der Waals surface area (Å²) in [5.41, 5.74) is 2.42. The summed E-state index contributed by atoms with van der Waals surface area (Å²) < 4.78 is 0. The molecule has 4 aromatic rings. The fourth-order valence-corrected chi connectivity index (χ4v) is 5.23. The van der Waals surface area contributed by atoms with Gasteiger partial charge in [-0.05, 0) is 37.6 Å². The van der Waals surface area contributed by atoms with Crippen molar-refractivity contribution < 1.29 is 9.90 Å². The molecule has 0 aliphatic heterocycles. The summed E-state index contributed by atoms with van der Waals surface area (Å²) in [6.45, 7) is 3.65. The number of carbonyl (C=O) groups is 1. The Kier molecular flexibility index (Phi) is 5.94. The van der Waals surface area contributed by atoms with Crippen molar-refractivity contribution in [2.24, 2.45) is 0 Å². The SMILES string of the molecule is Cc1nc(SC(C)C(=O)Nc2cc(Cl)ccc2O)c2c(-c3ccccc3)csc2n1. The van der Waals surface area contributed by atoms with Crippen LogP contribution in [0.3, 0.4) is 0 Å². The molecule has 0 radical (unpaired) electrons. The van der Waals surface area contributed by atoms with Gasteiger partial charge < -0.3 is 10.4 Å². The number of aromatic nitrogens is 2. The Hall–Kier alpha value is -2.61. The third-order valence-corrected chi connectivity index (χ3v) is 6.66. The van der Waals surface area contributed by atoms with Gasteiger partial charge in [-0.3, -0.25) is 4.79 Å². The Bertz CT molecular complexity index is 1230. The fraction of sp³-hybridized carbons (Fsp3) is 0.136. The zero-order chi connectivity index (χ0) is 21.3. The van der Waals surface area contributed by atoms with E-state index in [-0.39, 0.29) is 17.3 Å². The van der Waals surface area contributed by atoms with Gasteiger partial charge in [0.1, 0.15) is 21.4 Å². The van der Waals surface area contributed by atoms with Crippen LogP contribution in [0, 0.1) is 6.92 Å². The highest BCUT2D eigenvalue weighted by molar-refractivity contribution is 8.00. The van der Waals surface area contributed by atoms with E-state index < -0.39 is 5.25 Å². The first-order chi connectivity index (χ1) is 14.4. The lowest BCUT2D eigenvalue weighted by atomic mass is 10.1. The minimum atomic E-state index is -0.454. The number of rotatable bonds is 5. The molecule has 2 aromatic heterocycles. The Balaban J connectivity index is 1.65. The predicted octanol–water partition coefficient (Wildman–Crippen LogP) is 6.15. The average molecular weight is 456 g/mol. The maximum Gasteiger partial charge on any atom is 0.237 e. The van der Waals surface area contributed by atoms with Gasteiger partial charge in [0.25, 0.3) is 0 Å². The van der Waals surface area contributed by atoms with E-state index in [1.807, 2.05) is 37.3 Å². The second-order valence-electron chi connectivity index (χ2n) is 6.68. The molecule has 2 aromatic carbocycles. The molecule has 2 heterocycles. The molecule has 0 saturated heterocycles. The molecule has 4 rings (SSSR count). The summed E-state index contributed by atoms with van der Waals surface area (Å²) in [5.74, 6) is 0.374.